The Morgan fingerprint density at radius 2 is 2.21 bits per heavy atom. The van der Waals surface area contributed by atoms with Gasteiger partial charge in [0.05, 0.1) is 12.2 Å². The molecule has 7 heteroatoms. The van der Waals surface area contributed by atoms with Crippen LogP contribution in [0.3, 0.4) is 0 Å². The highest BCUT2D eigenvalue weighted by Gasteiger charge is 2.08. The number of hydrogen-bond acceptors (Lipinski definition) is 3. The first kappa shape index (κ1) is 17.0. The SMILES string of the molecule is CN=C(NCc1cn2cc(Br)ccc2n1)NCC(C)c1ccsc1. The second-order valence-electron chi connectivity index (χ2n) is 5.61. The van der Waals surface area contributed by atoms with Gasteiger partial charge in [-0.1, -0.05) is 6.92 Å². The number of imidazole rings is 1. The van der Waals surface area contributed by atoms with Crippen molar-refractivity contribution in [1.29, 1.82) is 0 Å². The molecule has 0 amide bonds. The number of aliphatic imine (C=N–C) groups is 1. The highest BCUT2D eigenvalue weighted by atomic mass is 79.9. The minimum absolute atomic E-state index is 0.447. The molecule has 1 unspecified atom stereocenters. The third kappa shape index (κ3) is 4.15. The molecule has 3 heterocycles. The lowest BCUT2D eigenvalue weighted by Crippen LogP contribution is -2.38. The molecule has 0 saturated carbocycles. The smallest absolute Gasteiger partial charge is 0.191 e. The third-order valence-electron chi connectivity index (χ3n) is 3.81. The van der Waals surface area contributed by atoms with E-state index in [1.807, 2.05) is 28.9 Å². The molecule has 0 aliphatic rings. The lowest BCUT2D eigenvalue weighted by Gasteiger charge is -2.14. The summed E-state index contributed by atoms with van der Waals surface area (Å²) in [6.07, 6.45) is 4.02. The maximum atomic E-state index is 4.59. The average molecular weight is 406 g/mol. The van der Waals surface area contributed by atoms with Crippen molar-refractivity contribution in [3.05, 3.63) is 57.1 Å². The van der Waals surface area contributed by atoms with Crippen molar-refractivity contribution in [2.45, 2.75) is 19.4 Å². The Morgan fingerprint density at radius 1 is 1.33 bits per heavy atom. The topological polar surface area (TPSA) is 53.7 Å². The van der Waals surface area contributed by atoms with E-state index in [4.69, 9.17) is 0 Å². The molecule has 1 atom stereocenters. The summed E-state index contributed by atoms with van der Waals surface area (Å²) in [5.41, 5.74) is 3.26. The van der Waals surface area contributed by atoms with Crippen LogP contribution in [0.2, 0.25) is 0 Å². The van der Waals surface area contributed by atoms with Crippen LogP contribution in [0, 0.1) is 0 Å². The Morgan fingerprint density at radius 3 is 2.96 bits per heavy atom. The largest absolute Gasteiger partial charge is 0.356 e. The maximum absolute atomic E-state index is 4.59. The lowest BCUT2D eigenvalue weighted by atomic mass is 10.1. The molecule has 3 rings (SSSR count). The number of thiophene rings is 1. The van der Waals surface area contributed by atoms with Crippen molar-refractivity contribution >= 4 is 38.9 Å². The molecule has 3 aromatic rings. The number of nitrogens with one attached hydrogen (secondary N) is 2. The van der Waals surface area contributed by atoms with E-state index >= 15 is 0 Å². The summed E-state index contributed by atoms with van der Waals surface area (Å²) < 4.78 is 3.04. The molecule has 0 fully saturated rings. The van der Waals surface area contributed by atoms with Crippen molar-refractivity contribution < 1.29 is 0 Å². The van der Waals surface area contributed by atoms with Gasteiger partial charge in [-0.3, -0.25) is 4.99 Å². The Hall–Kier alpha value is -1.86. The predicted octanol–water partition coefficient (Wildman–Crippen LogP) is 3.63. The van der Waals surface area contributed by atoms with Crippen LogP contribution in [0.1, 0.15) is 24.1 Å². The fraction of sp³-hybridized carbons (Fsp3) is 0.294. The second-order valence-corrected chi connectivity index (χ2v) is 7.31. The van der Waals surface area contributed by atoms with Crippen LogP contribution in [0.15, 0.2) is 50.8 Å². The number of guanidine groups is 1. The van der Waals surface area contributed by atoms with E-state index in [1.54, 1.807) is 18.4 Å². The average Bonchev–Trinajstić information content (AvgIpc) is 3.23. The fourth-order valence-electron chi connectivity index (χ4n) is 2.42. The highest BCUT2D eigenvalue weighted by molar-refractivity contribution is 9.10. The van der Waals surface area contributed by atoms with E-state index in [2.05, 4.69) is 60.3 Å². The highest BCUT2D eigenvalue weighted by Crippen LogP contribution is 2.17. The van der Waals surface area contributed by atoms with Gasteiger partial charge in [0, 0.05) is 30.5 Å². The number of halogens is 1. The molecule has 126 valence electrons. The summed E-state index contributed by atoms with van der Waals surface area (Å²) in [5, 5.41) is 11.0. The molecule has 0 aliphatic heterocycles. The zero-order valence-electron chi connectivity index (χ0n) is 13.7. The van der Waals surface area contributed by atoms with E-state index in [1.165, 1.54) is 5.56 Å². The van der Waals surface area contributed by atoms with Gasteiger partial charge >= 0.3 is 0 Å². The Kier molecular flexibility index (Phi) is 5.52. The van der Waals surface area contributed by atoms with Crippen molar-refractivity contribution in [2.75, 3.05) is 13.6 Å². The standard InChI is InChI=1S/C17H20BrN5S/c1-12(13-5-6-24-11-13)7-20-17(19-2)21-8-15-10-23-9-14(18)3-4-16(23)22-15/h3-6,9-12H,7-8H2,1-2H3,(H2,19,20,21). The Labute approximate surface area is 154 Å². The fourth-order valence-corrected chi connectivity index (χ4v) is 3.56. The van der Waals surface area contributed by atoms with E-state index in [9.17, 15) is 0 Å². The molecule has 0 aliphatic carbocycles. The molecule has 0 spiro atoms. The van der Waals surface area contributed by atoms with Gasteiger partial charge in [0.1, 0.15) is 5.65 Å². The number of rotatable bonds is 5. The molecule has 5 nitrogen and oxygen atoms in total. The molecule has 0 bridgehead atoms. The molecular formula is C17H20BrN5S. The van der Waals surface area contributed by atoms with Crippen LogP contribution in [0.25, 0.3) is 5.65 Å². The molecule has 0 aromatic carbocycles. The van der Waals surface area contributed by atoms with Crippen molar-refractivity contribution in [3.63, 3.8) is 0 Å². The summed E-state index contributed by atoms with van der Waals surface area (Å²) in [6, 6.07) is 6.15. The molecule has 24 heavy (non-hydrogen) atoms. The van der Waals surface area contributed by atoms with Gasteiger partial charge < -0.3 is 15.0 Å². The zero-order chi connectivity index (χ0) is 16.9. The minimum atomic E-state index is 0.447. The predicted molar refractivity (Wildman–Crippen MR) is 104 cm³/mol. The van der Waals surface area contributed by atoms with Crippen molar-refractivity contribution in [2.24, 2.45) is 4.99 Å². The van der Waals surface area contributed by atoms with Crippen molar-refractivity contribution in [1.82, 2.24) is 20.0 Å². The normalized spacial score (nSPS) is 13.2. The zero-order valence-corrected chi connectivity index (χ0v) is 16.1. The maximum Gasteiger partial charge on any atom is 0.191 e. The second kappa shape index (κ2) is 7.81. The first-order valence-corrected chi connectivity index (χ1v) is 9.49. The summed E-state index contributed by atoms with van der Waals surface area (Å²) in [4.78, 5) is 8.87. The van der Waals surface area contributed by atoms with Gasteiger partial charge in [-0.15, -0.1) is 0 Å². The van der Waals surface area contributed by atoms with Gasteiger partial charge in [0.25, 0.3) is 0 Å². The van der Waals surface area contributed by atoms with Gasteiger partial charge in [0.15, 0.2) is 5.96 Å². The van der Waals surface area contributed by atoms with E-state index in [0.717, 1.165) is 28.3 Å². The minimum Gasteiger partial charge on any atom is -0.356 e. The van der Waals surface area contributed by atoms with Crippen LogP contribution in [0.5, 0.6) is 0 Å². The Bertz CT molecular complexity index is 825. The van der Waals surface area contributed by atoms with Gasteiger partial charge in [-0.2, -0.15) is 11.3 Å². The number of pyridine rings is 1. The first-order chi connectivity index (χ1) is 11.7. The quantitative estimate of drug-likeness (QED) is 0.503. The van der Waals surface area contributed by atoms with Crippen LogP contribution in [-0.4, -0.2) is 28.9 Å². The van der Waals surface area contributed by atoms with Crippen LogP contribution in [0.4, 0.5) is 0 Å². The van der Waals surface area contributed by atoms with Gasteiger partial charge in [-0.05, 0) is 56.4 Å². The molecule has 3 aromatic heterocycles. The number of hydrogen-bond donors (Lipinski definition) is 2. The molecule has 0 saturated heterocycles. The van der Waals surface area contributed by atoms with E-state index in [-0.39, 0.29) is 0 Å². The summed E-state index contributed by atoms with van der Waals surface area (Å²) >= 11 is 5.20. The number of nitrogens with zero attached hydrogens (tertiary/aromatic N) is 3. The summed E-state index contributed by atoms with van der Waals surface area (Å²) in [5.74, 6) is 1.23. The third-order valence-corrected chi connectivity index (χ3v) is 4.98. The van der Waals surface area contributed by atoms with Crippen LogP contribution >= 0.6 is 27.3 Å². The van der Waals surface area contributed by atoms with Crippen LogP contribution in [-0.2, 0) is 6.54 Å². The monoisotopic (exact) mass is 405 g/mol. The van der Waals surface area contributed by atoms with Crippen molar-refractivity contribution in [3.8, 4) is 0 Å². The van der Waals surface area contributed by atoms with Gasteiger partial charge in [0.2, 0.25) is 0 Å². The number of aromatic nitrogens is 2. The van der Waals surface area contributed by atoms with Gasteiger partial charge in [-0.25, -0.2) is 4.98 Å². The van der Waals surface area contributed by atoms with E-state index in [0.29, 0.717) is 12.5 Å². The van der Waals surface area contributed by atoms with Crippen LogP contribution < -0.4 is 10.6 Å². The summed E-state index contributed by atoms with van der Waals surface area (Å²) in [7, 11) is 1.78. The summed E-state index contributed by atoms with van der Waals surface area (Å²) in [6.45, 7) is 3.68. The molecule has 2 N–H and O–H groups in total. The molecule has 0 radical (unpaired) electrons. The first-order valence-electron chi connectivity index (χ1n) is 7.75. The number of fused-ring (bicyclic) bond motifs is 1. The molecular weight excluding hydrogens is 386 g/mol. The Balaban J connectivity index is 1.55. The van der Waals surface area contributed by atoms with E-state index < -0.39 is 0 Å². The lowest BCUT2D eigenvalue weighted by molar-refractivity contribution is 0.699.